The van der Waals surface area contributed by atoms with Gasteiger partial charge >= 0.3 is 0 Å². The molecule has 0 aliphatic carbocycles. The summed E-state index contributed by atoms with van der Waals surface area (Å²) in [6, 6.07) is 4.27. The van der Waals surface area contributed by atoms with E-state index in [-0.39, 0.29) is 0 Å². The monoisotopic (exact) mass is 412 g/mol. The molecule has 0 unspecified atom stereocenters. The molecular weight excluding hydrogens is 400 g/mol. The molecule has 3 aromatic heterocycles. The summed E-state index contributed by atoms with van der Waals surface area (Å²) in [5.74, 6) is 0.840. The van der Waals surface area contributed by atoms with Gasteiger partial charge in [-0.3, -0.25) is 0 Å². The molecule has 0 aromatic carbocycles. The zero-order chi connectivity index (χ0) is 15.0. The van der Waals surface area contributed by atoms with Crippen molar-refractivity contribution in [2.45, 2.75) is 26.4 Å². The molecule has 0 atom stereocenters. The van der Waals surface area contributed by atoms with Gasteiger partial charge in [0.05, 0.1) is 29.1 Å². The Bertz CT molecular complexity index is 759. The molecule has 0 saturated heterocycles. The second-order valence-electron chi connectivity index (χ2n) is 5.01. The van der Waals surface area contributed by atoms with Crippen LogP contribution in [0.3, 0.4) is 0 Å². The lowest BCUT2D eigenvalue weighted by atomic mass is 10.3. The zero-order valence-corrected chi connectivity index (χ0v) is 14.8. The Hall–Kier alpha value is -1.34. The summed E-state index contributed by atoms with van der Waals surface area (Å²) < 4.78 is 9.05. The molecule has 0 saturated carbocycles. The van der Waals surface area contributed by atoms with E-state index >= 15 is 0 Å². The lowest BCUT2D eigenvalue weighted by Crippen LogP contribution is -2.03. The van der Waals surface area contributed by atoms with Gasteiger partial charge in [0.15, 0.2) is 10.3 Å². The quantitative estimate of drug-likeness (QED) is 0.670. The fourth-order valence-corrected chi connectivity index (χ4v) is 2.74. The minimum atomic E-state index is 0.298. The molecule has 0 fully saturated rings. The maximum Gasteiger partial charge on any atom is 0.183 e. The second kappa shape index (κ2) is 5.81. The molecule has 7 heteroatoms. The highest BCUT2D eigenvalue weighted by Gasteiger charge is 2.09. The van der Waals surface area contributed by atoms with E-state index in [0.717, 1.165) is 27.0 Å². The van der Waals surface area contributed by atoms with Crippen LogP contribution in [-0.4, -0.2) is 14.8 Å². The number of furan rings is 1. The highest BCUT2D eigenvalue weighted by atomic mass is 79.9. The van der Waals surface area contributed by atoms with Gasteiger partial charge in [-0.15, -0.1) is 0 Å². The second-order valence-corrected chi connectivity index (χ2v) is 6.58. The summed E-state index contributed by atoms with van der Waals surface area (Å²) >= 11 is 6.73. The van der Waals surface area contributed by atoms with E-state index in [2.05, 4.69) is 61.1 Å². The summed E-state index contributed by atoms with van der Waals surface area (Å²) in [6.45, 7) is 4.77. The first-order valence-electron chi connectivity index (χ1n) is 6.55. The fraction of sp³-hybridized carbons (Fsp3) is 0.286. The Balaban J connectivity index is 1.78. The van der Waals surface area contributed by atoms with Gasteiger partial charge in [0, 0.05) is 11.4 Å². The summed E-state index contributed by atoms with van der Waals surface area (Å²) in [4.78, 5) is 4.49. The Morgan fingerprint density at radius 1 is 1.29 bits per heavy atom. The molecule has 0 radical (unpaired) electrons. The van der Waals surface area contributed by atoms with Gasteiger partial charge in [0.2, 0.25) is 0 Å². The van der Waals surface area contributed by atoms with Crippen molar-refractivity contribution in [2.75, 3.05) is 5.32 Å². The molecule has 3 heterocycles. The Kier molecular flexibility index (Phi) is 4.03. The van der Waals surface area contributed by atoms with Crippen LogP contribution in [-0.2, 0) is 6.54 Å². The van der Waals surface area contributed by atoms with Gasteiger partial charge in [-0.2, -0.15) is 5.10 Å². The lowest BCUT2D eigenvalue weighted by molar-refractivity contribution is 0.494. The summed E-state index contributed by atoms with van der Waals surface area (Å²) in [6.07, 6.45) is 3.66. The van der Waals surface area contributed by atoms with Crippen LogP contribution in [0.2, 0.25) is 0 Å². The zero-order valence-electron chi connectivity index (χ0n) is 11.6. The predicted molar refractivity (Wildman–Crippen MR) is 89.3 cm³/mol. The Labute approximate surface area is 139 Å². The molecule has 3 rings (SSSR count). The third kappa shape index (κ3) is 2.98. The van der Waals surface area contributed by atoms with Crippen molar-refractivity contribution in [1.82, 2.24) is 14.8 Å². The molecule has 5 nitrogen and oxygen atoms in total. The van der Waals surface area contributed by atoms with Crippen molar-refractivity contribution >= 4 is 48.6 Å². The number of hydrogen-bond donors (Lipinski definition) is 1. The average Bonchev–Trinajstić information content (AvgIpc) is 3.00. The maximum atomic E-state index is 5.53. The highest BCUT2D eigenvalue weighted by molar-refractivity contribution is 9.13. The molecule has 0 aliphatic rings. The van der Waals surface area contributed by atoms with Crippen LogP contribution in [0.15, 0.2) is 38.1 Å². The lowest BCUT2D eigenvalue weighted by Gasteiger charge is -2.07. The molecule has 0 spiro atoms. The maximum absolute atomic E-state index is 5.53. The Morgan fingerprint density at radius 2 is 2.10 bits per heavy atom. The van der Waals surface area contributed by atoms with E-state index in [1.165, 1.54) is 0 Å². The minimum Gasteiger partial charge on any atom is -0.451 e. The van der Waals surface area contributed by atoms with Crippen LogP contribution >= 0.6 is 31.9 Å². The minimum absolute atomic E-state index is 0.298. The number of pyridine rings is 1. The van der Waals surface area contributed by atoms with Gasteiger partial charge in [0.1, 0.15) is 5.76 Å². The predicted octanol–water partition coefficient (Wildman–Crippen LogP) is 4.74. The smallest absolute Gasteiger partial charge is 0.183 e. The van der Waals surface area contributed by atoms with Crippen molar-refractivity contribution in [3.63, 3.8) is 0 Å². The Morgan fingerprint density at radius 3 is 2.76 bits per heavy atom. The number of nitrogens with one attached hydrogen (secondary N) is 1. The summed E-state index contributed by atoms with van der Waals surface area (Å²) in [5, 5.41) is 8.69. The molecule has 110 valence electrons. The highest BCUT2D eigenvalue weighted by Crippen LogP contribution is 2.27. The summed E-state index contributed by atoms with van der Waals surface area (Å²) in [5.41, 5.74) is 1.84. The summed E-state index contributed by atoms with van der Waals surface area (Å²) in [7, 11) is 0. The van der Waals surface area contributed by atoms with E-state index in [9.17, 15) is 0 Å². The number of halogens is 2. The van der Waals surface area contributed by atoms with Gasteiger partial charge < -0.3 is 9.73 Å². The van der Waals surface area contributed by atoms with Crippen molar-refractivity contribution in [3.05, 3.63) is 39.4 Å². The molecular formula is C14H14Br2N4O. The van der Waals surface area contributed by atoms with Crippen molar-refractivity contribution < 1.29 is 4.42 Å². The first kappa shape index (κ1) is 14.6. The van der Waals surface area contributed by atoms with E-state index in [4.69, 9.17) is 4.42 Å². The number of aromatic nitrogens is 3. The number of hydrogen-bond acceptors (Lipinski definition) is 4. The third-order valence-corrected chi connectivity index (χ3v) is 4.80. The standard InChI is InChI=1S/C14H14Br2N4O/c1-8(2)20-14-9(5-19-20)3-10(6-18-14)17-7-11-4-12(15)13(16)21-11/h3-6,8,17H,7H2,1-2H3. The largest absolute Gasteiger partial charge is 0.451 e. The first-order valence-corrected chi connectivity index (χ1v) is 8.14. The molecule has 0 aliphatic heterocycles. The van der Waals surface area contributed by atoms with Crippen molar-refractivity contribution in [3.8, 4) is 0 Å². The van der Waals surface area contributed by atoms with Gasteiger partial charge in [-0.25, -0.2) is 9.67 Å². The molecule has 3 aromatic rings. The van der Waals surface area contributed by atoms with E-state index < -0.39 is 0 Å². The molecule has 21 heavy (non-hydrogen) atoms. The number of anilines is 1. The topological polar surface area (TPSA) is 55.9 Å². The van der Waals surface area contributed by atoms with Gasteiger partial charge in [-0.1, -0.05) is 0 Å². The average molecular weight is 414 g/mol. The first-order chi connectivity index (χ1) is 10.0. The van der Waals surface area contributed by atoms with E-state index in [1.807, 2.05) is 29.2 Å². The van der Waals surface area contributed by atoms with Gasteiger partial charge in [0.25, 0.3) is 0 Å². The van der Waals surface area contributed by atoms with Gasteiger partial charge in [-0.05, 0) is 57.8 Å². The van der Waals surface area contributed by atoms with Crippen LogP contribution in [0.1, 0.15) is 25.6 Å². The van der Waals surface area contributed by atoms with Crippen molar-refractivity contribution in [1.29, 1.82) is 0 Å². The van der Waals surface area contributed by atoms with Crippen LogP contribution in [0.25, 0.3) is 11.0 Å². The van der Waals surface area contributed by atoms with Crippen LogP contribution in [0.4, 0.5) is 5.69 Å². The van der Waals surface area contributed by atoms with E-state index in [1.54, 1.807) is 0 Å². The normalized spacial score (nSPS) is 11.5. The third-order valence-electron chi connectivity index (χ3n) is 3.09. The SMILES string of the molecule is CC(C)n1ncc2cc(NCc3cc(Br)c(Br)o3)cnc21. The van der Waals surface area contributed by atoms with Crippen LogP contribution in [0, 0.1) is 0 Å². The molecule has 1 N–H and O–H groups in total. The number of rotatable bonds is 4. The molecule has 0 amide bonds. The number of nitrogens with zero attached hydrogens (tertiary/aromatic N) is 3. The van der Waals surface area contributed by atoms with E-state index in [0.29, 0.717) is 17.3 Å². The molecule has 0 bridgehead atoms. The fourth-order valence-electron chi connectivity index (χ4n) is 2.08. The van der Waals surface area contributed by atoms with Crippen LogP contribution < -0.4 is 5.32 Å². The number of fused-ring (bicyclic) bond motifs is 1. The van der Waals surface area contributed by atoms with Crippen molar-refractivity contribution in [2.24, 2.45) is 0 Å². The van der Waals surface area contributed by atoms with Crippen LogP contribution in [0.5, 0.6) is 0 Å².